The van der Waals surface area contributed by atoms with E-state index < -0.39 is 0 Å². The quantitative estimate of drug-likeness (QED) is 0.793. The van der Waals surface area contributed by atoms with Gasteiger partial charge in [0.05, 0.1) is 18.4 Å². The molecule has 0 unspecified atom stereocenters. The third-order valence-electron chi connectivity index (χ3n) is 3.45. The number of nitrogens with one attached hydrogen (secondary N) is 2. The van der Waals surface area contributed by atoms with Crippen molar-refractivity contribution in [3.8, 4) is 17.6 Å². The van der Waals surface area contributed by atoms with Gasteiger partial charge < -0.3 is 15.4 Å². The second kappa shape index (κ2) is 6.23. The first-order chi connectivity index (χ1) is 10.8. The average molecular weight is 292 g/mol. The molecule has 0 radical (unpaired) electrons. The van der Waals surface area contributed by atoms with Gasteiger partial charge in [0.2, 0.25) is 0 Å². The van der Waals surface area contributed by atoms with E-state index in [2.05, 4.69) is 22.5 Å². The highest BCUT2D eigenvalue weighted by Gasteiger charge is 2.16. The molecule has 4 nitrogen and oxygen atoms in total. The fourth-order valence-electron chi connectivity index (χ4n) is 2.31. The van der Waals surface area contributed by atoms with Crippen molar-refractivity contribution in [3.05, 3.63) is 59.2 Å². The van der Waals surface area contributed by atoms with Crippen molar-refractivity contribution < 1.29 is 9.53 Å². The Morgan fingerprint density at radius 3 is 2.55 bits per heavy atom. The maximum absolute atomic E-state index is 12.0. The van der Waals surface area contributed by atoms with Crippen LogP contribution in [-0.4, -0.2) is 26.1 Å². The Balaban J connectivity index is 1.94. The molecule has 0 fully saturated rings. The van der Waals surface area contributed by atoms with Crippen molar-refractivity contribution in [2.75, 3.05) is 25.5 Å². The summed E-state index contributed by atoms with van der Waals surface area (Å²) in [6.07, 6.45) is 0. The fourth-order valence-corrected chi connectivity index (χ4v) is 2.31. The van der Waals surface area contributed by atoms with Gasteiger partial charge in [-0.05, 0) is 36.4 Å². The SMILES string of the molecule is COc1ccc(C#Cc2cccc3c2NCCNC3=O)cc1. The van der Waals surface area contributed by atoms with Crippen LogP contribution in [0.5, 0.6) is 5.75 Å². The Morgan fingerprint density at radius 2 is 1.77 bits per heavy atom. The number of rotatable bonds is 1. The number of ether oxygens (including phenoxy) is 1. The average Bonchev–Trinajstić information content (AvgIpc) is 2.76. The normalized spacial score (nSPS) is 12.9. The number of carbonyl (C=O) groups excluding carboxylic acids is 1. The van der Waals surface area contributed by atoms with Crippen LogP contribution in [0, 0.1) is 11.8 Å². The van der Waals surface area contributed by atoms with Crippen LogP contribution >= 0.6 is 0 Å². The largest absolute Gasteiger partial charge is 0.497 e. The van der Waals surface area contributed by atoms with Gasteiger partial charge in [-0.3, -0.25) is 4.79 Å². The highest BCUT2D eigenvalue weighted by atomic mass is 16.5. The van der Waals surface area contributed by atoms with Crippen molar-refractivity contribution in [2.24, 2.45) is 0 Å². The first kappa shape index (κ1) is 14.0. The summed E-state index contributed by atoms with van der Waals surface area (Å²) in [6.45, 7) is 1.30. The van der Waals surface area contributed by atoms with E-state index in [9.17, 15) is 4.79 Å². The van der Waals surface area contributed by atoms with Crippen LogP contribution < -0.4 is 15.4 Å². The fraction of sp³-hybridized carbons (Fsp3) is 0.167. The molecule has 0 spiro atoms. The predicted octanol–water partition coefficient (Wildman–Crippen LogP) is 2.25. The van der Waals surface area contributed by atoms with Crippen molar-refractivity contribution in [3.63, 3.8) is 0 Å². The third-order valence-corrected chi connectivity index (χ3v) is 3.45. The third kappa shape index (κ3) is 2.89. The summed E-state index contributed by atoms with van der Waals surface area (Å²) < 4.78 is 5.13. The zero-order chi connectivity index (χ0) is 15.4. The minimum absolute atomic E-state index is 0.0619. The standard InChI is InChI=1S/C18H16N2O2/c1-22-15-9-6-13(7-10-15)5-8-14-3-2-4-16-17(14)19-11-12-20-18(16)21/h2-4,6-7,9-10,19H,11-12H2,1H3,(H,20,21). The Kier molecular flexibility index (Phi) is 3.97. The van der Waals surface area contributed by atoms with E-state index in [0.717, 1.165) is 22.6 Å². The van der Waals surface area contributed by atoms with Crippen molar-refractivity contribution >= 4 is 11.6 Å². The molecule has 0 aromatic heterocycles. The lowest BCUT2D eigenvalue weighted by molar-refractivity contribution is 0.0958. The lowest BCUT2D eigenvalue weighted by Crippen LogP contribution is -2.24. The first-order valence-electron chi connectivity index (χ1n) is 7.09. The second-order valence-electron chi connectivity index (χ2n) is 4.89. The molecule has 2 aromatic carbocycles. The van der Waals surface area contributed by atoms with Gasteiger partial charge in [0.15, 0.2) is 0 Å². The van der Waals surface area contributed by atoms with Gasteiger partial charge in [-0.25, -0.2) is 0 Å². The van der Waals surface area contributed by atoms with Crippen LogP contribution in [-0.2, 0) is 0 Å². The van der Waals surface area contributed by atoms with Gasteiger partial charge in [-0.2, -0.15) is 0 Å². The maximum atomic E-state index is 12.0. The molecule has 4 heteroatoms. The summed E-state index contributed by atoms with van der Waals surface area (Å²) in [5, 5.41) is 6.12. The van der Waals surface area contributed by atoms with Crippen molar-refractivity contribution in [1.82, 2.24) is 5.32 Å². The highest BCUT2D eigenvalue weighted by Crippen LogP contribution is 2.22. The minimum atomic E-state index is -0.0619. The second-order valence-corrected chi connectivity index (χ2v) is 4.89. The molecule has 1 amide bonds. The number of carbonyl (C=O) groups is 1. The molecule has 1 aliphatic rings. The van der Waals surface area contributed by atoms with Gasteiger partial charge in [0, 0.05) is 24.2 Å². The number of anilines is 1. The maximum Gasteiger partial charge on any atom is 0.253 e. The zero-order valence-corrected chi connectivity index (χ0v) is 12.3. The summed E-state index contributed by atoms with van der Waals surface area (Å²) in [6, 6.07) is 13.1. The van der Waals surface area contributed by atoms with Crippen LogP contribution in [0.15, 0.2) is 42.5 Å². The summed E-state index contributed by atoms with van der Waals surface area (Å²) >= 11 is 0. The van der Waals surface area contributed by atoms with Crippen molar-refractivity contribution in [2.45, 2.75) is 0 Å². The molecule has 0 aliphatic carbocycles. The first-order valence-corrected chi connectivity index (χ1v) is 7.09. The lowest BCUT2D eigenvalue weighted by Gasteiger charge is -2.08. The van der Waals surface area contributed by atoms with Crippen LogP contribution in [0.25, 0.3) is 0 Å². The van der Waals surface area contributed by atoms with Gasteiger partial charge >= 0.3 is 0 Å². The smallest absolute Gasteiger partial charge is 0.253 e. The van der Waals surface area contributed by atoms with Gasteiger partial charge in [0.1, 0.15) is 5.75 Å². The Bertz CT molecular complexity index is 755. The Morgan fingerprint density at radius 1 is 1.00 bits per heavy atom. The topological polar surface area (TPSA) is 50.4 Å². The molecule has 22 heavy (non-hydrogen) atoms. The molecule has 1 aliphatic heterocycles. The van der Waals surface area contributed by atoms with E-state index in [0.29, 0.717) is 18.7 Å². The summed E-state index contributed by atoms with van der Waals surface area (Å²) in [4.78, 5) is 12.0. The molecule has 3 rings (SSSR count). The number of hydrogen-bond acceptors (Lipinski definition) is 3. The molecule has 0 saturated heterocycles. The number of benzene rings is 2. The van der Waals surface area contributed by atoms with E-state index in [1.807, 2.05) is 42.5 Å². The molecule has 2 aromatic rings. The van der Waals surface area contributed by atoms with Gasteiger partial charge in [-0.1, -0.05) is 17.9 Å². The Hall–Kier alpha value is -2.93. The minimum Gasteiger partial charge on any atom is -0.497 e. The van der Waals surface area contributed by atoms with Gasteiger partial charge in [0.25, 0.3) is 5.91 Å². The Labute approximate surface area is 129 Å². The summed E-state index contributed by atoms with van der Waals surface area (Å²) in [5.41, 5.74) is 3.17. The van der Waals surface area contributed by atoms with E-state index in [1.165, 1.54) is 0 Å². The molecule has 0 atom stereocenters. The summed E-state index contributed by atoms with van der Waals surface area (Å²) in [7, 11) is 1.64. The molecule has 0 saturated carbocycles. The zero-order valence-electron chi connectivity index (χ0n) is 12.3. The summed E-state index contributed by atoms with van der Waals surface area (Å²) in [5.74, 6) is 7.00. The number of fused-ring (bicyclic) bond motifs is 1. The monoisotopic (exact) mass is 292 g/mol. The number of hydrogen-bond donors (Lipinski definition) is 2. The highest BCUT2D eigenvalue weighted by molar-refractivity contribution is 6.01. The van der Waals surface area contributed by atoms with E-state index in [1.54, 1.807) is 7.11 Å². The predicted molar refractivity (Wildman–Crippen MR) is 86.2 cm³/mol. The van der Waals surface area contributed by atoms with E-state index >= 15 is 0 Å². The number of amides is 1. The van der Waals surface area contributed by atoms with Crippen LogP contribution in [0.3, 0.4) is 0 Å². The molecule has 2 N–H and O–H groups in total. The molecule has 1 heterocycles. The van der Waals surface area contributed by atoms with E-state index in [-0.39, 0.29) is 5.91 Å². The van der Waals surface area contributed by atoms with Crippen molar-refractivity contribution in [1.29, 1.82) is 0 Å². The number of para-hydroxylation sites is 1. The molecule has 110 valence electrons. The molecular formula is C18H16N2O2. The molecule has 0 bridgehead atoms. The van der Waals surface area contributed by atoms with E-state index in [4.69, 9.17) is 4.74 Å². The van der Waals surface area contributed by atoms with Crippen LogP contribution in [0.2, 0.25) is 0 Å². The molecular weight excluding hydrogens is 276 g/mol. The van der Waals surface area contributed by atoms with Gasteiger partial charge in [-0.15, -0.1) is 0 Å². The lowest BCUT2D eigenvalue weighted by atomic mass is 10.1. The van der Waals surface area contributed by atoms with Crippen LogP contribution in [0.4, 0.5) is 5.69 Å². The van der Waals surface area contributed by atoms with Crippen LogP contribution in [0.1, 0.15) is 21.5 Å². The number of methoxy groups -OCH3 is 1.